The first kappa shape index (κ1) is 14.2. The molecule has 0 spiro atoms. The Kier molecular flexibility index (Phi) is 5.64. The van der Waals surface area contributed by atoms with Crippen LogP contribution in [0.4, 0.5) is 5.82 Å². The minimum atomic E-state index is -0.217. The molecule has 1 heterocycles. The maximum atomic E-state index is 5.92. The summed E-state index contributed by atoms with van der Waals surface area (Å²) in [6, 6.07) is 1.54. The molecule has 0 amide bonds. The summed E-state index contributed by atoms with van der Waals surface area (Å²) in [5.41, 5.74) is 9.32. The van der Waals surface area contributed by atoms with E-state index in [1.165, 1.54) is 6.20 Å². The van der Waals surface area contributed by atoms with E-state index in [2.05, 4.69) is 10.4 Å². The van der Waals surface area contributed by atoms with Crippen LogP contribution in [0.2, 0.25) is 5.02 Å². The lowest BCUT2D eigenvalue weighted by Crippen LogP contribution is -2.38. The van der Waals surface area contributed by atoms with Gasteiger partial charge in [0.1, 0.15) is 5.82 Å². The fourth-order valence-electron chi connectivity index (χ4n) is 1.78. The molecular weight excluding hydrogens is 240 g/mol. The molecule has 2 atom stereocenters. The summed E-state index contributed by atoms with van der Waals surface area (Å²) in [5, 5.41) is 0.529. The summed E-state index contributed by atoms with van der Waals surface area (Å²) in [7, 11) is 0. The molecule has 5 nitrogen and oxygen atoms in total. The molecule has 5 N–H and O–H groups in total. The first-order valence-electron chi connectivity index (χ1n) is 5.62. The molecule has 0 aliphatic carbocycles. The lowest BCUT2D eigenvalue weighted by Gasteiger charge is -2.26. The van der Waals surface area contributed by atoms with Crippen molar-refractivity contribution in [3.8, 4) is 0 Å². The quantitative estimate of drug-likeness (QED) is 0.533. The third-order valence-electron chi connectivity index (χ3n) is 2.59. The Bertz CT molecular complexity index is 361. The highest BCUT2D eigenvalue weighted by Crippen LogP contribution is 2.26. The summed E-state index contributed by atoms with van der Waals surface area (Å²) < 4.78 is 5.62. The first-order chi connectivity index (χ1) is 8.13. The monoisotopic (exact) mass is 258 g/mol. The number of halogens is 1. The van der Waals surface area contributed by atoms with Crippen LogP contribution in [-0.2, 0) is 4.74 Å². The summed E-state index contributed by atoms with van der Waals surface area (Å²) in [4.78, 5) is 4.02. The molecule has 0 saturated carbocycles. The lowest BCUT2D eigenvalue weighted by molar-refractivity contribution is 0.0315. The molecule has 1 aromatic heterocycles. The van der Waals surface area contributed by atoms with Gasteiger partial charge >= 0.3 is 0 Å². The van der Waals surface area contributed by atoms with Crippen molar-refractivity contribution in [2.24, 2.45) is 5.84 Å². The van der Waals surface area contributed by atoms with Crippen molar-refractivity contribution in [1.82, 2.24) is 10.4 Å². The van der Waals surface area contributed by atoms with Crippen molar-refractivity contribution in [3.63, 3.8) is 0 Å². The maximum absolute atomic E-state index is 5.92. The minimum Gasteiger partial charge on any atom is -0.383 e. The van der Waals surface area contributed by atoms with Crippen molar-refractivity contribution >= 4 is 17.4 Å². The number of nitrogen functional groups attached to an aromatic ring is 1. The Morgan fingerprint density at radius 2 is 2.24 bits per heavy atom. The van der Waals surface area contributed by atoms with Crippen LogP contribution in [0.1, 0.15) is 31.9 Å². The van der Waals surface area contributed by atoms with E-state index in [0.29, 0.717) is 17.4 Å². The van der Waals surface area contributed by atoms with Gasteiger partial charge in [-0.3, -0.25) is 11.3 Å². The number of hydrogen-bond donors (Lipinski definition) is 3. The van der Waals surface area contributed by atoms with Crippen LogP contribution in [0.15, 0.2) is 12.3 Å². The third-order valence-corrected chi connectivity index (χ3v) is 2.79. The van der Waals surface area contributed by atoms with Gasteiger partial charge in [0.2, 0.25) is 0 Å². The number of nitrogens with two attached hydrogens (primary N) is 2. The Balaban J connectivity index is 3.02. The minimum absolute atomic E-state index is 0.0624. The standard InChI is InChI=1S/C11H19ClN4O/c1-3-9(17-4-2)10(16-14)8-5-7(12)6-15-11(8)13/h5-6,9-10,16H,3-4,14H2,1-2H3,(H2,13,15). The van der Waals surface area contributed by atoms with E-state index in [0.717, 1.165) is 12.0 Å². The second-order valence-electron chi connectivity index (χ2n) is 3.67. The number of aromatic nitrogens is 1. The second-order valence-corrected chi connectivity index (χ2v) is 4.11. The van der Waals surface area contributed by atoms with E-state index < -0.39 is 0 Å². The van der Waals surface area contributed by atoms with E-state index in [-0.39, 0.29) is 12.1 Å². The van der Waals surface area contributed by atoms with E-state index >= 15 is 0 Å². The molecule has 0 aliphatic rings. The van der Waals surface area contributed by atoms with Crippen molar-refractivity contribution in [3.05, 3.63) is 22.8 Å². The summed E-state index contributed by atoms with van der Waals surface area (Å²) in [6.07, 6.45) is 2.26. The van der Waals surface area contributed by atoms with Crippen molar-refractivity contribution in [2.75, 3.05) is 12.3 Å². The Morgan fingerprint density at radius 1 is 1.53 bits per heavy atom. The fraction of sp³-hybridized carbons (Fsp3) is 0.545. The number of nitrogens with zero attached hydrogens (tertiary/aromatic N) is 1. The molecule has 96 valence electrons. The third kappa shape index (κ3) is 3.54. The number of pyridine rings is 1. The zero-order valence-corrected chi connectivity index (χ0v) is 10.9. The average molecular weight is 259 g/mol. The highest BCUT2D eigenvalue weighted by molar-refractivity contribution is 6.30. The molecule has 0 aliphatic heterocycles. The zero-order valence-electron chi connectivity index (χ0n) is 10.1. The smallest absolute Gasteiger partial charge is 0.128 e. The highest BCUT2D eigenvalue weighted by atomic mass is 35.5. The normalized spacial score (nSPS) is 14.6. The van der Waals surface area contributed by atoms with Crippen molar-refractivity contribution < 1.29 is 4.74 Å². The summed E-state index contributed by atoms with van der Waals surface area (Å²) in [5.74, 6) is 5.99. The van der Waals surface area contributed by atoms with Crippen LogP contribution in [0.25, 0.3) is 0 Å². The molecular formula is C11H19ClN4O. The number of ether oxygens (including phenoxy) is 1. The summed E-state index contributed by atoms with van der Waals surface area (Å²) >= 11 is 5.92. The lowest BCUT2D eigenvalue weighted by atomic mass is 10.0. The van der Waals surface area contributed by atoms with Crippen LogP contribution in [0.3, 0.4) is 0 Å². The van der Waals surface area contributed by atoms with Crippen LogP contribution in [0.5, 0.6) is 0 Å². The van der Waals surface area contributed by atoms with E-state index in [1.54, 1.807) is 6.07 Å². The predicted molar refractivity (Wildman–Crippen MR) is 69.4 cm³/mol. The van der Waals surface area contributed by atoms with E-state index in [9.17, 15) is 0 Å². The predicted octanol–water partition coefficient (Wildman–Crippen LogP) is 1.64. The Labute approximate surface area is 106 Å². The van der Waals surface area contributed by atoms with E-state index in [4.69, 9.17) is 27.9 Å². The number of hydrogen-bond acceptors (Lipinski definition) is 5. The molecule has 0 radical (unpaired) electrons. The van der Waals surface area contributed by atoms with Crippen LogP contribution >= 0.6 is 11.6 Å². The topological polar surface area (TPSA) is 86.2 Å². The van der Waals surface area contributed by atoms with Gasteiger partial charge in [0.15, 0.2) is 0 Å². The van der Waals surface area contributed by atoms with Gasteiger partial charge in [0.25, 0.3) is 0 Å². The first-order valence-corrected chi connectivity index (χ1v) is 6.00. The molecule has 0 bridgehead atoms. The zero-order chi connectivity index (χ0) is 12.8. The SMILES string of the molecule is CCOC(CC)C(NN)c1cc(Cl)cnc1N. The number of hydrazine groups is 1. The van der Waals surface area contributed by atoms with Crippen LogP contribution in [-0.4, -0.2) is 17.7 Å². The molecule has 0 fully saturated rings. The molecule has 0 aromatic carbocycles. The van der Waals surface area contributed by atoms with Crippen molar-refractivity contribution in [1.29, 1.82) is 0 Å². The van der Waals surface area contributed by atoms with Gasteiger partial charge in [0, 0.05) is 18.4 Å². The van der Waals surface area contributed by atoms with E-state index in [1.807, 2.05) is 13.8 Å². The molecule has 1 aromatic rings. The largest absolute Gasteiger partial charge is 0.383 e. The van der Waals surface area contributed by atoms with Gasteiger partial charge in [-0.2, -0.15) is 0 Å². The van der Waals surface area contributed by atoms with Gasteiger partial charge < -0.3 is 10.5 Å². The van der Waals surface area contributed by atoms with Gasteiger partial charge in [0.05, 0.1) is 17.2 Å². The fourth-order valence-corrected chi connectivity index (χ4v) is 1.94. The van der Waals surface area contributed by atoms with Gasteiger partial charge in [-0.05, 0) is 19.4 Å². The van der Waals surface area contributed by atoms with Crippen LogP contribution in [0, 0.1) is 0 Å². The Hall–Kier alpha value is -0.880. The molecule has 6 heteroatoms. The molecule has 0 saturated heterocycles. The molecule has 17 heavy (non-hydrogen) atoms. The van der Waals surface area contributed by atoms with Crippen LogP contribution < -0.4 is 17.0 Å². The maximum Gasteiger partial charge on any atom is 0.128 e. The second kappa shape index (κ2) is 6.76. The number of nitrogens with one attached hydrogen (secondary N) is 1. The molecule has 2 unspecified atom stereocenters. The van der Waals surface area contributed by atoms with Gasteiger partial charge in [-0.25, -0.2) is 4.98 Å². The number of anilines is 1. The van der Waals surface area contributed by atoms with Crippen molar-refractivity contribution in [2.45, 2.75) is 32.4 Å². The van der Waals surface area contributed by atoms with Gasteiger partial charge in [-0.1, -0.05) is 18.5 Å². The average Bonchev–Trinajstić information content (AvgIpc) is 2.33. The Morgan fingerprint density at radius 3 is 2.76 bits per heavy atom. The summed E-state index contributed by atoms with van der Waals surface area (Å²) in [6.45, 7) is 4.58. The highest BCUT2D eigenvalue weighted by Gasteiger charge is 2.23. The number of rotatable bonds is 6. The van der Waals surface area contributed by atoms with Gasteiger partial charge in [-0.15, -0.1) is 0 Å². The molecule has 1 rings (SSSR count).